The van der Waals surface area contributed by atoms with Crippen molar-refractivity contribution in [2.75, 3.05) is 24.7 Å². The molecule has 0 fully saturated rings. The van der Waals surface area contributed by atoms with E-state index in [-0.39, 0.29) is 6.61 Å². The monoisotopic (exact) mass is 305 g/mol. The Morgan fingerprint density at radius 2 is 1.85 bits per heavy atom. The minimum absolute atomic E-state index is 0.285. The fourth-order valence-corrected chi connectivity index (χ4v) is 0.977. The SMILES string of the molecule is CCN([O-])OCCCON([O-])[I-]C. The summed E-state index contributed by atoms with van der Waals surface area (Å²) in [4.78, 5) is 11.2. The Morgan fingerprint density at radius 3 is 2.38 bits per heavy atom. The van der Waals surface area contributed by atoms with Gasteiger partial charge in [0.05, 0.1) is 0 Å². The second kappa shape index (κ2) is 9.06. The number of hydrogen-bond donors (Lipinski definition) is 0. The van der Waals surface area contributed by atoms with E-state index in [0.29, 0.717) is 28.2 Å². The van der Waals surface area contributed by atoms with Gasteiger partial charge < -0.3 is 0 Å². The molecule has 0 aliphatic carbocycles. The van der Waals surface area contributed by atoms with E-state index in [2.05, 4.69) is 0 Å². The molecular formula is C6H14IN2O4-3. The number of rotatable bonds is 8. The molecule has 6 nitrogen and oxygen atoms in total. The Balaban J connectivity index is 3.08. The van der Waals surface area contributed by atoms with Gasteiger partial charge in [0.15, 0.2) is 0 Å². The van der Waals surface area contributed by atoms with E-state index >= 15 is 0 Å². The van der Waals surface area contributed by atoms with Crippen LogP contribution in [-0.4, -0.2) is 33.4 Å². The zero-order valence-electron chi connectivity index (χ0n) is 7.73. The molecule has 0 aromatic heterocycles. The van der Waals surface area contributed by atoms with Gasteiger partial charge >= 0.3 is 88.3 Å². The first-order chi connectivity index (χ1) is 6.20. The van der Waals surface area contributed by atoms with Crippen LogP contribution in [0.1, 0.15) is 13.3 Å². The van der Waals surface area contributed by atoms with Gasteiger partial charge in [-0.3, -0.25) is 0 Å². The van der Waals surface area contributed by atoms with Crippen LogP contribution in [0.2, 0.25) is 0 Å². The first-order valence-corrected chi connectivity index (χ1v) is 7.00. The Morgan fingerprint density at radius 1 is 1.23 bits per heavy atom. The molecule has 0 aliphatic heterocycles. The van der Waals surface area contributed by atoms with Crippen molar-refractivity contribution in [2.45, 2.75) is 13.3 Å². The third kappa shape index (κ3) is 8.81. The first kappa shape index (κ1) is 13.5. The molecule has 0 aromatic carbocycles. The number of hydroxylamine groups is 2. The van der Waals surface area contributed by atoms with Crippen LogP contribution in [0.25, 0.3) is 0 Å². The maximum absolute atomic E-state index is 10.6. The molecule has 7 heteroatoms. The van der Waals surface area contributed by atoms with Gasteiger partial charge in [-0.15, -0.1) is 0 Å². The molecule has 0 bridgehead atoms. The van der Waals surface area contributed by atoms with Gasteiger partial charge in [-0.1, -0.05) is 0 Å². The summed E-state index contributed by atoms with van der Waals surface area (Å²) in [6.45, 7) is 2.58. The van der Waals surface area contributed by atoms with Crippen molar-refractivity contribution < 1.29 is 31.2 Å². The van der Waals surface area contributed by atoms with E-state index in [1.165, 1.54) is 0 Å². The molecule has 0 aliphatic rings. The molecule has 0 rings (SSSR count). The molecule has 0 heterocycles. The van der Waals surface area contributed by atoms with Crippen molar-refractivity contribution in [3.63, 3.8) is 0 Å². The Bertz CT molecular complexity index is 107. The summed E-state index contributed by atoms with van der Waals surface area (Å²) in [6, 6.07) is 0. The van der Waals surface area contributed by atoms with Gasteiger partial charge in [0.1, 0.15) is 0 Å². The van der Waals surface area contributed by atoms with E-state index in [0.717, 1.165) is 0 Å². The van der Waals surface area contributed by atoms with Crippen molar-refractivity contribution in [2.24, 2.45) is 0 Å². The van der Waals surface area contributed by atoms with Gasteiger partial charge in [-0.05, 0) is 0 Å². The predicted molar refractivity (Wildman–Crippen MR) is 43.4 cm³/mol. The maximum atomic E-state index is 10.6. The quantitative estimate of drug-likeness (QED) is 0.162. The fraction of sp³-hybridized carbons (Fsp3) is 1.00. The van der Waals surface area contributed by atoms with Crippen LogP contribution >= 0.6 is 0 Å². The van der Waals surface area contributed by atoms with Gasteiger partial charge in [-0.2, -0.15) is 0 Å². The van der Waals surface area contributed by atoms with Crippen LogP contribution in [0.5, 0.6) is 0 Å². The number of hydrogen-bond acceptors (Lipinski definition) is 6. The van der Waals surface area contributed by atoms with Gasteiger partial charge in [0.25, 0.3) is 0 Å². The molecule has 0 saturated carbocycles. The Hall–Kier alpha value is 0.490. The van der Waals surface area contributed by atoms with Crippen molar-refractivity contribution in [1.29, 1.82) is 0 Å². The van der Waals surface area contributed by atoms with Crippen LogP contribution < -0.4 is 21.5 Å². The van der Waals surface area contributed by atoms with Crippen molar-refractivity contribution in [3.8, 4) is 0 Å². The minimum atomic E-state index is -0.551. The van der Waals surface area contributed by atoms with Gasteiger partial charge in [0, 0.05) is 0 Å². The van der Waals surface area contributed by atoms with E-state index < -0.39 is 21.5 Å². The normalized spacial score (nSPS) is 11.8. The first-order valence-electron chi connectivity index (χ1n) is 3.88. The van der Waals surface area contributed by atoms with Gasteiger partial charge in [-0.25, -0.2) is 0 Å². The molecule has 0 saturated heterocycles. The summed E-state index contributed by atoms with van der Waals surface area (Å²) in [5, 5.41) is 21.6. The molecule has 82 valence electrons. The molecule has 0 aromatic rings. The third-order valence-electron chi connectivity index (χ3n) is 1.11. The Kier molecular flexibility index (Phi) is 9.40. The summed E-state index contributed by atoms with van der Waals surface area (Å²) in [7, 11) is 0. The average Bonchev–Trinajstić information content (AvgIpc) is 2.16. The van der Waals surface area contributed by atoms with E-state index in [1.807, 2.05) is 0 Å². The van der Waals surface area contributed by atoms with Crippen LogP contribution in [-0.2, 0) is 9.68 Å². The average molecular weight is 305 g/mol. The molecule has 0 spiro atoms. The number of alkyl halides is 1. The van der Waals surface area contributed by atoms with Crippen LogP contribution in [0.4, 0.5) is 0 Å². The summed E-state index contributed by atoms with van der Waals surface area (Å²) in [5.41, 5.74) is 0. The molecule has 0 atom stereocenters. The summed E-state index contributed by atoms with van der Waals surface area (Å²) >= 11 is -0.551. The molecular weight excluding hydrogens is 291 g/mol. The van der Waals surface area contributed by atoms with Crippen LogP contribution in [0.3, 0.4) is 0 Å². The van der Waals surface area contributed by atoms with Crippen molar-refractivity contribution in [3.05, 3.63) is 10.4 Å². The third-order valence-corrected chi connectivity index (χ3v) is 2.18. The molecule has 0 amide bonds. The van der Waals surface area contributed by atoms with E-state index in [9.17, 15) is 10.4 Å². The van der Waals surface area contributed by atoms with Crippen molar-refractivity contribution in [1.82, 2.24) is 8.67 Å². The van der Waals surface area contributed by atoms with E-state index in [4.69, 9.17) is 9.68 Å². The number of halogens is 1. The molecule has 0 radical (unpaired) electrons. The zero-order chi connectivity index (χ0) is 10.1. The summed E-state index contributed by atoms with van der Waals surface area (Å²) in [5.74, 6) is 0. The van der Waals surface area contributed by atoms with Gasteiger partial charge in [0.2, 0.25) is 0 Å². The van der Waals surface area contributed by atoms with Crippen molar-refractivity contribution >= 4 is 0 Å². The standard InChI is InChI=1S/C6H14IN2O4/c1-3-8(10)12-5-4-6-13-9(11)7-2/h3-6H2,1-2H3/q-3. The second-order valence-electron chi connectivity index (χ2n) is 2.05. The van der Waals surface area contributed by atoms with E-state index in [1.54, 1.807) is 11.9 Å². The number of nitrogens with zero attached hydrogens (tertiary/aromatic N) is 2. The second-order valence-corrected chi connectivity index (χ2v) is 3.80. The topological polar surface area (TPSA) is 71.1 Å². The molecule has 0 unspecified atom stereocenters. The summed E-state index contributed by atoms with van der Waals surface area (Å²) in [6.07, 6.45) is 0.543. The summed E-state index contributed by atoms with van der Waals surface area (Å²) < 4.78 is 0.605. The predicted octanol–water partition coefficient (Wildman–Crippen LogP) is -2.51. The van der Waals surface area contributed by atoms with Crippen LogP contribution in [0, 0.1) is 10.4 Å². The fourth-order valence-electron chi connectivity index (χ4n) is 0.502. The zero-order valence-corrected chi connectivity index (χ0v) is 9.89. The Labute approximate surface area is 88.5 Å². The molecule has 13 heavy (non-hydrogen) atoms. The molecule has 0 N–H and O–H groups in total. The van der Waals surface area contributed by atoms with Crippen LogP contribution in [0.15, 0.2) is 0 Å².